The van der Waals surface area contributed by atoms with Gasteiger partial charge in [-0.2, -0.15) is 0 Å². The molecule has 3 rings (SSSR count). The molecular weight excluding hydrogens is 362 g/mol. The van der Waals surface area contributed by atoms with Crippen LogP contribution in [0.1, 0.15) is 32.3 Å². The number of sulfonamides is 1. The lowest BCUT2D eigenvalue weighted by atomic mass is 9.83. The molecule has 6 nitrogen and oxygen atoms in total. The van der Waals surface area contributed by atoms with Gasteiger partial charge in [0.15, 0.2) is 0 Å². The first-order valence-corrected chi connectivity index (χ1v) is 9.91. The number of rotatable bonds is 4. The fraction of sp³-hybridized carbons (Fsp3) is 0.588. The van der Waals surface area contributed by atoms with Gasteiger partial charge in [0.25, 0.3) is 0 Å². The van der Waals surface area contributed by atoms with Crippen molar-refractivity contribution >= 4 is 34.0 Å². The van der Waals surface area contributed by atoms with Crippen LogP contribution in [-0.4, -0.2) is 40.5 Å². The van der Waals surface area contributed by atoms with Crippen molar-refractivity contribution in [3.05, 3.63) is 23.8 Å². The highest BCUT2D eigenvalue weighted by Gasteiger charge is 2.30. The minimum absolute atomic E-state index is 0. The van der Waals surface area contributed by atoms with Crippen molar-refractivity contribution in [2.24, 2.45) is 5.41 Å². The molecule has 0 aromatic heterocycles. The highest BCUT2D eigenvalue weighted by atomic mass is 35.5. The molecule has 2 aliphatic heterocycles. The van der Waals surface area contributed by atoms with Gasteiger partial charge in [-0.1, -0.05) is 13.0 Å². The van der Waals surface area contributed by atoms with Crippen molar-refractivity contribution in [1.82, 2.24) is 10.0 Å². The van der Waals surface area contributed by atoms with Crippen molar-refractivity contribution in [1.29, 1.82) is 0 Å². The molecule has 0 bridgehead atoms. The number of hydrogen-bond donors (Lipinski definition) is 2. The lowest BCUT2D eigenvalue weighted by molar-refractivity contribution is -0.116. The van der Waals surface area contributed by atoms with Gasteiger partial charge >= 0.3 is 0 Å². The Hall–Kier alpha value is -1.15. The zero-order valence-electron chi connectivity index (χ0n) is 14.7. The molecule has 140 valence electrons. The van der Waals surface area contributed by atoms with E-state index in [2.05, 4.69) is 17.0 Å². The predicted molar refractivity (Wildman–Crippen MR) is 101 cm³/mol. The van der Waals surface area contributed by atoms with Crippen LogP contribution in [0.3, 0.4) is 0 Å². The first-order valence-electron chi connectivity index (χ1n) is 8.42. The Labute approximate surface area is 155 Å². The maximum absolute atomic E-state index is 12.7. The summed E-state index contributed by atoms with van der Waals surface area (Å²) < 4.78 is 28.1. The van der Waals surface area contributed by atoms with Crippen molar-refractivity contribution in [2.45, 2.75) is 38.0 Å². The Balaban J connectivity index is 0.00000225. The number of nitrogens with zero attached hydrogens (tertiary/aromatic N) is 1. The maximum Gasteiger partial charge on any atom is 0.240 e. The van der Waals surface area contributed by atoms with E-state index in [-0.39, 0.29) is 28.6 Å². The minimum atomic E-state index is -3.58. The molecule has 0 aliphatic carbocycles. The fourth-order valence-electron chi connectivity index (χ4n) is 3.48. The third-order valence-corrected chi connectivity index (χ3v) is 6.42. The van der Waals surface area contributed by atoms with Gasteiger partial charge in [0.1, 0.15) is 0 Å². The largest absolute Gasteiger partial charge is 0.316 e. The van der Waals surface area contributed by atoms with Gasteiger partial charge < -0.3 is 10.2 Å². The van der Waals surface area contributed by atoms with Crippen LogP contribution in [0.5, 0.6) is 0 Å². The number of anilines is 1. The molecule has 0 saturated carbocycles. The number of nitrogens with one attached hydrogen (secondary N) is 2. The maximum atomic E-state index is 12.7. The third kappa shape index (κ3) is 4.34. The second kappa shape index (κ2) is 7.61. The Morgan fingerprint density at radius 2 is 2.16 bits per heavy atom. The fourth-order valence-corrected chi connectivity index (χ4v) is 4.69. The Bertz CT molecular complexity index is 746. The van der Waals surface area contributed by atoms with Gasteiger partial charge in [0.05, 0.1) is 4.90 Å². The number of carbonyl (C=O) groups is 1. The van der Waals surface area contributed by atoms with Crippen molar-refractivity contribution in [3.8, 4) is 0 Å². The molecule has 1 fully saturated rings. The number of piperidine rings is 1. The van der Waals surface area contributed by atoms with Crippen molar-refractivity contribution in [2.75, 3.05) is 31.1 Å². The first-order chi connectivity index (χ1) is 11.3. The summed E-state index contributed by atoms with van der Waals surface area (Å²) >= 11 is 0. The van der Waals surface area contributed by atoms with E-state index in [1.165, 1.54) is 6.92 Å². The van der Waals surface area contributed by atoms with Crippen LogP contribution < -0.4 is 14.9 Å². The summed E-state index contributed by atoms with van der Waals surface area (Å²) in [6.45, 7) is 6.44. The van der Waals surface area contributed by atoms with Gasteiger partial charge in [-0.25, -0.2) is 13.1 Å². The third-order valence-electron chi connectivity index (χ3n) is 5.02. The zero-order valence-corrected chi connectivity index (χ0v) is 16.3. The summed E-state index contributed by atoms with van der Waals surface area (Å²) in [4.78, 5) is 13.6. The van der Waals surface area contributed by atoms with Crippen LogP contribution in [0, 0.1) is 5.41 Å². The second-order valence-corrected chi connectivity index (χ2v) is 8.89. The van der Waals surface area contributed by atoms with Crippen molar-refractivity contribution in [3.63, 3.8) is 0 Å². The highest BCUT2D eigenvalue weighted by Crippen LogP contribution is 2.31. The minimum Gasteiger partial charge on any atom is -0.316 e. The number of benzene rings is 1. The summed E-state index contributed by atoms with van der Waals surface area (Å²) in [6.07, 6.45) is 2.84. The van der Waals surface area contributed by atoms with Crippen LogP contribution in [-0.2, 0) is 21.2 Å². The molecule has 1 saturated heterocycles. The summed E-state index contributed by atoms with van der Waals surface area (Å²) in [5, 5.41) is 3.32. The van der Waals surface area contributed by atoms with E-state index in [0.29, 0.717) is 13.1 Å². The van der Waals surface area contributed by atoms with E-state index in [4.69, 9.17) is 0 Å². The van der Waals surface area contributed by atoms with Crippen LogP contribution in [0.4, 0.5) is 5.69 Å². The van der Waals surface area contributed by atoms with Crippen LogP contribution >= 0.6 is 12.4 Å². The summed E-state index contributed by atoms with van der Waals surface area (Å²) in [6, 6.07) is 5.07. The molecular formula is C17H26ClN3O3S. The second-order valence-electron chi connectivity index (χ2n) is 7.13. The Morgan fingerprint density at radius 1 is 1.40 bits per heavy atom. The summed E-state index contributed by atoms with van der Waals surface area (Å²) in [5.74, 6) is -0.0583. The van der Waals surface area contributed by atoms with Gasteiger partial charge in [0, 0.05) is 32.2 Å². The first kappa shape index (κ1) is 20.2. The number of amides is 1. The predicted octanol–water partition coefficient (Wildman–Crippen LogP) is 1.69. The molecule has 2 N–H and O–H groups in total. The quantitative estimate of drug-likeness (QED) is 0.824. The molecule has 1 atom stereocenters. The number of halogens is 1. The molecule has 25 heavy (non-hydrogen) atoms. The van der Waals surface area contributed by atoms with Gasteiger partial charge in [-0.3, -0.25) is 4.79 Å². The molecule has 0 spiro atoms. The van der Waals surface area contributed by atoms with Crippen molar-refractivity contribution < 1.29 is 13.2 Å². The van der Waals surface area contributed by atoms with E-state index in [0.717, 1.165) is 43.6 Å². The van der Waals surface area contributed by atoms with E-state index in [1.54, 1.807) is 17.0 Å². The van der Waals surface area contributed by atoms with Crippen LogP contribution in [0.15, 0.2) is 23.1 Å². The smallest absolute Gasteiger partial charge is 0.240 e. The highest BCUT2D eigenvalue weighted by molar-refractivity contribution is 7.89. The molecule has 2 heterocycles. The SMILES string of the molecule is CC(=O)N1CCc2ccc(S(=O)(=O)NCC3(C)CCCNC3)cc21.Cl. The summed E-state index contributed by atoms with van der Waals surface area (Å²) in [7, 11) is -3.58. The van der Waals surface area contributed by atoms with Crippen LogP contribution in [0.2, 0.25) is 0 Å². The Kier molecular flexibility index (Phi) is 6.14. The van der Waals surface area contributed by atoms with E-state index >= 15 is 0 Å². The zero-order chi connectivity index (χ0) is 17.4. The lowest BCUT2D eigenvalue weighted by Crippen LogP contribution is -2.45. The molecule has 2 aliphatic rings. The van der Waals surface area contributed by atoms with Gasteiger partial charge in [-0.05, 0) is 48.9 Å². The average Bonchev–Trinajstić information content (AvgIpc) is 2.97. The lowest BCUT2D eigenvalue weighted by Gasteiger charge is -2.34. The molecule has 0 radical (unpaired) electrons. The van der Waals surface area contributed by atoms with E-state index < -0.39 is 10.0 Å². The number of hydrogen-bond acceptors (Lipinski definition) is 4. The molecule has 1 unspecified atom stereocenters. The van der Waals surface area contributed by atoms with E-state index in [9.17, 15) is 13.2 Å². The summed E-state index contributed by atoms with van der Waals surface area (Å²) in [5.41, 5.74) is 1.68. The van der Waals surface area contributed by atoms with Crippen LogP contribution in [0.25, 0.3) is 0 Å². The normalized spacial score (nSPS) is 23.0. The monoisotopic (exact) mass is 387 g/mol. The number of fused-ring (bicyclic) bond motifs is 1. The Morgan fingerprint density at radius 3 is 2.80 bits per heavy atom. The molecule has 1 aromatic rings. The molecule has 1 aromatic carbocycles. The average molecular weight is 388 g/mol. The van der Waals surface area contributed by atoms with Gasteiger partial charge in [-0.15, -0.1) is 12.4 Å². The topological polar surface area (TPSA) is 78.5 Å². The standard InChI is InChI=1S/C17H25N3O3S.ClH/c1-13(21)20-9-6-14-4-5-15(10-16(14)20)24(22,23)19-12-17(2)7-3-8-18-11-17;/h4-5,10,18-19H,3,6-9,11-12H2,1-2H3;1H. The molecule has 8 heteroatoms. The molecule has 1 amide bonds. The number of carbonyl (C=O) groups excluding carboxylic acids is 1. The van der Waals surface area contributed by atoms with Gasteiger partial charge in [0.2, 0.25) is 15.9 Å². The van der Waals surface area contributed by atoms with E-state index in [1.807, 2.05) is 6.07 Å².